The molecule has 4 rings (SSSR count). The molecule has 1 saturated heterocycles. The summed E-state index contributed by atoms with van der Waals surface area (Å²) in [7, 11) is 0. The summed E-state index contributed by atoms with van der Waals surface area (Å²) >= 11 is 0. The minimum atomic E-state index is 0.0900. The van der Waals surface area contributed by atoms with Gasteiger partial charge in [0.1, 0.15) is 12.2 Å². The number of amides is 1. The van der Waals surface area contributed by atoms with E-state index in [1.165, 1.54) is 12.8 Å². The van der Waals surface area contributed by atoms with Crippen LogP contribution in [0.3, 0.4) is 0 Å². The molecule has 6 heteroatoms. The standard InChI is InChI=1S/C18H23N5O/c24-18(16-4-1-7-19-10-16)22-8-2-3-15(12-22)9-17-21-20-13-23(17)11-14-5-6-14/h1,4,7,10,13-15H,2-3,5-6,8-9,11-12H2. The van der Waals surface area contributed by atoms with Crippen molar-refractivity contribution in [3.05, 3.63) is 42.2 Å². The van der Waals surface area contributed by atoms with E-state index in [0.29, 0.717) is 11.5 Å². The topological polar surface area (TPSA) is 63.9 Å². The Hall–Kier alpha value is -2.24. The van der Waals surface area contributed by atoms with Crippen LogP contribution in [-0.2, 0) is 13.0 Å². The van der Waals surface area contributed by atoms with E-state index in [2.05, 4.69) is 19.7 Å². The molecule has 1 amide bonds. The summed E-state index contributed by atoms with van der Waals surface area (Å²) in [5.41, 5.74) is 0.676. The van der Waals surface area contributed by atoms with Crippen LogP contribution in [-0.4, -0.2) is 43.6 Å². The van der Waals surface area contributed by atoms with Crippen molar-refractivity contribution in [1.29, 1.82) is 0 Å². The van der Waals surface area contributed by atoms with Crippen LogP contribution in [0.25, 0.3) is 0 Å². The van der Waals surface area contributed by atoms with Crippen molar-refractivity contribution in [3.63, 3.8) is 0 Å². The number of hydrogen-bond donors (Lipinski definition) is 0. The molecule has 0 N–H and O–H groups in total. The van der Waals surface area contributed by atoms with Gasteiger partial charge in [0.15, 0.2) is 0 Å². The Labute approximate surface area is 141 Å². The molecule has 2 fully saturated rings. The fourth-order valence-corrected chi connectivity index (χ4v) is 3.51. The van der Waals surface area contributed by atoms with Crippen molar-refractivity contribution >= 4 is 5.91 Å². The van der Waals surface area contributed by atoms with E-state index in [9.17, 15) is 4.79 Å². The SMILES string of the molecule is O=C(c1cccnc1)N1CCCC(Cc2nncn2CC2CC2)C1. The zero-order valence-corrected chi connectivity index (χ0v) is 13.8. The van der Waals surface area contributed by atoms with E-state index in [4.69, 9.17) is 0 Å². The van der Waals surface area contributed by atoms with Crippen LogP contribution >= 0.6 is 0 Å². The second kappa shape index (κ2) is 6.71. The molecule has 1 atom stereocenters. The normalized spacial score (nSPS) is 21.0. The number of aromatic nitrogens is 4. The zero-order valence-electron chi connectivity index (χ0n) is 13.8. The maximum Gasteiger partial charge on any atom is 0.255 e. The second-order valence-electron chi connectivity index (χ2n) is 7.05. The van der Waals surface area contributed by atoms with E-state index in [1.807, 2.05) is 23.4 Å². The quantitative estimate of drug-likeness (QED) is 0.845. The first-order chi connectivity index (χ1) is 11.8. The average Bonchev–Trinajstić information content (AvgIpc) is 3.34. The summed E-state index contributed by atoms with van der Waals surface area (Å²) in [4.78, 5) is 18.6. The van der Waals surface area contributed by atoms with Crippen LogP contribution in [0.1, 0.15) is 41.9 Å². The van der Waals surface area contributed by atoms with E-state index in [0.717, 1.165) is 50.6 Å². The molecule has 126 valence electrons. The number of likely N-dealkylation sites (tertiary alicyclic amines) is 1. The van der Waals surface area contributed by atoms with Crippen LogP contribution in [0.15, 0.2) is 30.9 Å². The van der Waals surface area contributed by atoms with Gasteiger partial charge in [-0.1, -0.05) is 0 Å². The number of carbonyl (C=O) groups is 1. The number of hydrogen-bond acceptors (Lipinski definition) is 4. The Morgan fingerprint density at radius 2 is 2.17 bits per heavy atom. The maximum absolute atomic E-state index is 12.6. The number of rotatable bonds is 5. The first-order valence-corrected chi connectivity index (χ1v) is 8.85. The summed E-state index contributed by atoms with van der Waals surface area (Å²) in [5, 5.41) is 8.41. The monoisotopic (exact) mass is 325 g/mol. The molecule has 1 saturated carbocycles. The lowest BCUT2D eigenvalue weighted by atomic mass is 9.94. The summed E-state index contributed by atoms with van der Waals surface area (Å²) in [6, 6.07) is 3.65. The largest absolute Gasteiger partial charge is 0.338 e. The van der Waals surface area contributed by atoms with Gasteiger partial charge in [-0.25, -0.2) is 0 Å². The van der Waals surface area contributed by atoms with Crippen LogP contribution < -0.4 is 0 Å². The van der Waals surface area contributed by atoms with Gasteiger partial charge in [-0.2, -0.15) is 0 Å². The van der Waals surface area contributed by atoms with E-state index >= 15 is 0 Å². The van der Waals surface area contributed by atoms with E-state index < -0.39 is 0 Å². The predicted molar refractivity (Wildman–Crippen MR) is 89.3 cm³/mol. The van der Waals surface area contributed by atoms with E-state index in [1.54, 1.807) is 12.4 Å². The first kappa shape index (κ1) is 15.3. The van der Waals surface area contributed by atoms with Gasteiger partial charge in [-0.05, 0) is 49.7 Å². The Morgan fingerprint density at radius 3 is 2.96 bits per heavy atom. The Morgan fingerprint density at radius 1 is 1.25 bits per heavy atom. The summed E-state index contributed by atoms with van der Waals surface area (Å²) in [6.45, 7) is 2.68. The van der Waals surface area contributed by atoms with Gasteiger partial charge >= 0.3 is 0 Å². The highest BCUT2D eigenvalue weighted by Crippen LogP contribution is 2.31. The summed E-state index contributed by atoms with van der Waals surface area (Å²) in [5.74, 6) is 2.44. The van der Waals surface area contributed by atoms with Gasteiger partial charge in [0, 0.05) is 38.4 Å². The van der Waals surface area contributed by atoms with Crippen molar-refractivity contribution < 1.29 is 4.79 Å². The fraction of sp³-hybridized carbons (Fsp3) is 0.556. The Kier molecular flexibility index (Phi) is 4.28. The van der Waals surface area contributed by atoms with Crippen molar-refractivity contribution in [2.24, 2.45) is 11.8 Å². The molecular formula is C18H23N5O. The third-order valence-electron chi connectivity index (χ3n) is 5.03. The van der Waals surface area contributed by atoms with Gasteiger partial charge < -0.3 is 9.47 Å². The summed E-state index contributed by atoms with van der Waals surface area (Å²) in [6.07, 6.45) is 11.0. The number of nitrogens with zero attached hydrogens (tertiary/aromatic N) is 5. The van der Waals surface area contributed by atoms with Crippen LogP contribution in [0.5, 0.6) is 0 Å². The number of pyridine rings is 1. The number of piperidine rings is 1. The highest BCUT2D eigenvalue weighted by molar-refractivity contribution is 5.93. The van der Waals surface area contributed by atoms with Crippen molar-refractivity contribution in [2.75, 3.05) is 13.1 Å². The molecule has 2 aliphatic rings. The van der Waals surface area contributed by atoms with Gasteiger partial charge in [0.2, 0.25) is 0 Å². The molecule has 0 radical (unpaired) electrons. The molecule has 0 spiro atoms. The first-order valence-electron chi connectivity index (χ1n) is 8.85. The minimum Gasteiger partial charge on any atom is -0.338 e. The average molecular weight is 325 g/mol. The fourth-order valence-electron chi connectivity index (χ4n) is 3.51. The maximum atomic E-state index is 12.6. The molecule has 2 aromatic rings. The second-order valence-corrected chi connectivity index (χ2v) is 7.05. The smallest absolute Gasteiger partial charge is 0.255 e. The molecule has 0 bridgehead atoms. The predicted octanol–water partition coefficient (Wildman–Crippen LogP) is 2.18. The van der Waals surface area contributed by atoms with E-state index in [-0.39, 0.29) is 5.91 Å². The minimum absolute atomic E-state index is 0.0900. The highest BCUT2D eigenvalue weighted by atomic mass is 16.2. The lowest BCUT2D eigenvalue weighted by Crippen LogP contribution is -2.40. The molecule has 24 heavy (non-hydrogen) atoms. The summed E-state index contributed by atoms with van der Waals surface area (Å²) < 4.78 is 2.21. The molecule has 3 heterocycles. The van der Waals surface area contributed by atoms with Crippen LogP contribution in [0, 0.1) is 11.8 Å². The lowest BCUT2D eigenvalue weighted by Gasteiger charge is -2.32. The van der Waals surface area contributed by atoms with Gasteiger partial charge in [-0.3, -0.25) is 9.78 Å². The molecule has 2 aromatic heterocycles. The van der Waals surface area contributed by atoms with Crippen molar-refractivity contribution in [2.45, 2.75) is 38.6 Å². The van der Waals surface area contributed by atoms with Crippen LogP contribution in [0.4, 0.5) is 0 Å². The van der Waals surface area contributed by atoms with Crippen molar-refractivity contribution in [3.8, 4) is 0 Å². The van der Waals surface area contributed by atoms with Crippen LogP contribution in [0.2, 0.25) is 0 Å². The molecule has 1 unspecified atom stereocenters. The molecule has 1 aliphatic carbocycles. The molecule has 0 aromatic carbocycles. The van der Waals surface area contributed by atoms with Crippen molar-refractivity contribution in [1.82, 2.24) is 24.6 Å². The number of carbonyl (C=O) groups excluding carboxylic acids is 1. The molecule has 6 nitrogen and oxygen atoms in total. The van der Waals surface area contributed by atoms with Gasteiger partial charge in [-0.15, -0.1) is 10.2 Å². The van der Waals surface area contributed by atoms with Gasteiger partial charge in [0.05, 0.1) is 5.56 Å². The molecular weight excluding hydrogens is 302 g/mol. The lowest BCUT2D eigenvalue weighted by molar-refractivity contribution is 0.0671. The Bertz CT molecular complexity index is 694. The molecule has 1 aliphatic heterocycles. The Balaban J connectivity index is 1.40. The zero-order chi connectivity index (χ0) is 16.4. The van der Waals surface area contributed by atoms with Gasteiger partial charge in [0.25, 0.3) is 5.91 Å². The highest BCUT2D eigenvalue weighted by Gasteiger charge is 2.27. The third kappa shape index (κ3) is 3.47. The third-order valence-corrected chi connectivity index (χ3v) is 5.03.